The van der Waals surface area contributed by atoms with Gasteiger partial charge >= 0.3 is 0 Å². The second kappa shape index (κ2) is 9.33. The van der Waals surface area contributed by atoms with E-state index in [1.165, 1.54) is 18.3 Å². The Morgan fingerprint density at radius 1 is 1.11 bits per heavy atom. The zero-order valence-electron chi connectivity index (χ0n) is 19.0. The fourth-order valence-corrected chi connectivity index (χ4v) is 4.84. The minimum Gasteiger partial charge on any atom is -0.360 e. The van der Waals surface area contributed by atoms with Gasteiger partial charge < -0.3 is 10.3 Å². The van der Waals surface area contributed by atoms with Crippen molar-refractivity contribution in [3.63, 3.8) is 0 Å². The molecule has 3 aromatic heterocycles. The number of fused-ring (bicyclic) bond motifs is 2. The molecular formula is C26H20ClFN4O3S. The normalized spacial score (nSPS) is 11.8. The number of benzene rings is 2. The third-order valence-corrected chi connectivity index (χ3v) is 7.26. The maximum Gasteiger partial charge on any atom is 0.251 e. The van der Waals surface area contributed by atoms with Crippen molar-refractivity contribution in [1.29, 1.82) is 0 Å². The number of hydrogen-bond acceptors (Lipinski definition) is 5. The van der Waals surface area contributed by atoms with Gasteiger partial charge in [-0.05, 0) is 54.1 Å². The third-order valence-electron chi connectivity index (χ3n) is 5.84. The predicted molar refractivity (Wildman–Crippen MR) is 136 cm³/mol. The van der Waals surface area contributed by atoms with Gasteiger partial charge in [0.1, 0.15) is 5.82 Å². The van der Waals surface area contributed by atoms with Crippen LogP contribution in [0, 0.1) is 5.82 Å². The van der Waals surface area contributed by atoms with Crippen molar-refractivity contribution in [2.24, 2.45) is 0 Å². The molecule has 36 heavy (non-hydrogen) atoms. The SMILES string of the molecule is CS(=O)(=O)c1ccc2ncc(Cc3cc(C(=O)NCc4cc5c(Cl)c[nH]c5cc4F)ccn3)cc2c1. The number of halogens is 2. The van der Waals surface area contributed by atoms with E-state index in [4.69, 9.17) is 11.6 Å². The summed E-state index contributed by atoms with van der Waals surface area (Å²) in [4.78, 5) is 24.6. The van der Waals surface area contributed by atoms with Gasteiger partial charge in [0, 0.05) is 70.9 Å². The molecule has 0 atom stereocenters. The van der Waals surface area contributed by atoms with Gasteiger partial charge in [-0.3, -0.25) is 14.8 Å². The molecule has 3 heterocycles. The van der Waals surface area contributed by atoms with Gasteiger partial charge in [0.25, 0.3) is 5.91 Å². The average molecular weight is 523 g/mol. The Balaban J connectivity index is 1.32. The van der Waals surface area contributed by atoms with Crippen LogP contribution < -0.4 is 5.32 Å². The Bertz CT molecular complexity index is 1750. The minimum absolute atomic E-state index is 0.00294. The van der Waals surface area contributed by atoms with Gasteiger partial charge in [0.15, 0.2) is 9.84 Å². The largest absolute Gasteiger partial charge is 0.360 e. The molecule has 0 spiro atoms. The number of pyridine rings is 2. The zero-order valence-corrected chi connectivity index (χ0v) is 20.6. The number of nitrogens with zero attached hydrogens (tertiary/aromatic N) is 2. The van der Waals surface area contributed by atoms with Crippen LogP contribution in [0.4, 0.5) is 4.39 Å². The second-order valence-corrected chi connectivity index (χ2v) is 10.9. The fraction of sp³-hybridized carbons (Fsp3) is 0.115. The van der Waals surface area contributed by atoms with Crippen molar-refractivity contribution in [3.05, 3.63) is 100 Å². The highest BCUT2D eigenvalue weighted by atomic mass is 35.5. The van der Waals surface area contributed by atoms with Gasteiger partial charge in [-0.1, -0.05) is 11.6 Å². The molecule has 5 aromatic rings. The number of amides is 1. The molecule has 2 N–H and O–H groups in total. The number of H-pyrrole nitrogens is 1. The first-order valence-electron chi connectivity index (χ1n) is 10.9. The number of carbonyl (C=O) groups excluding carboxylic acids is 1. The van der Waals surface area contributed by atoms with E-state index in [1.54, 1.807) is 42.7 Å². The van der Waals surface area contributed by atoms with E-state index in [-0.39, 0.29) is 17.3 Å². The summed E-state index contributed by atoms with van der Waals surface area (Å²) < 4.78 is 38.2. The molecule has 182 valence electrons. The van der Waals surface area contributed by atoms with Crippen LogP contribution in [-0.2, 0) is 22.8 Å². The van der Waals surface area contributed by atoms with E-state index in [2.05, 4.69) is 20.3 Å². The number of carbonyl (C=O) groups is 1. The number of hydrogen-bond donors (Lipinski definition) is 2. The summed E-state index contributed by atoms with van der Waals surface area (Å²) in [5.41, 5.74) is 3.42. The van der Waals surface area contributed by atoms with Crippen molar-refractivity contribution in [3.8, 4) is 0 Å². The minimum atomic E-state index is -3.34. The van der Waals surface area contributed by atoms with E-state index in [9.17, 15) is 17.6 Å². The van der Waals surface area contributed by atoms with Crippen LogP contribution in [0.1, 0.15) is 27.2 Å². The highest BCUT2D eigenvalue weighted by Gasteiger charge is 2.13. The average Bonchev–Trinajstić information content (AvgIpc) is 3.20. The molecule has 0 saturated carbocycles. The first-order chi connectivity index (χ1) is 17.2. The lowest BCUT2D eigenvalue weighted by Crippen LogP contribution is -2.23. The van der Waals surface area contributed by atoms with Crippen molar-refractivity contribution in [1.82, 2.24) is 20.3 Å². The molecule has 0 saturated heterocycles. The summed E-state index contributed by atoms with van der Waals surface area (Å²) in [6.07, 6.45) is 6.37. The molecule has 0 unspecified atom stereocenters. The van der Waals surface area contributed by atoms with Crippen molar-refractivity contribution in [2.75, 3.05) is 6.26 Å². The molecule has 2 aromatic carbocycles. The maximum atomic E-state index is 14.4. The van der Waals surface area contributed by atoms with Crippen LogP contribution in [0.5, 0.6) is 0 Å². The second-order valence-electron chi connectivity index (χ2n) is 8.49. The van der Waals surface area contributed by atoms with E-state index in [0.717, 1.165) is 11.8 Å². The monoisotopic (exact) mass is 522 g/mol. The molecule has 10 heteroatoms. The molecule has 0 aliphatic carbocycles. The maximum absolute atomic E-state index is 14.4. The van der Waals surface area contributed by atoms with Gasteiger partial charge in [-0.25, -0.2) is 12.8 Å². The molecule has 0 radical (unpaired) electrons. The number of aromatic amines is 1. The Morgan fingerprint density at radius 3 is 2.75 bits per heavy atom. The Morgan fingerprint density at radius 2 is 1.94 bits per heavy atom. The molecule has 0 aliphatic rings. The molecule has 0 aliphatic heterocycles. The number of sulfone groups is 1. The molecule has 0 fully saturated rings. The quantitative estimate of drug-likeness (QED) is 0.332. The van der Waals surface area contributed by atoms with E-state index >= 15 is 0 Å². The standard InChI is InChI=1S/C26H20ClFN4O3S/c1-36(34,35)20-2-3-24-17(9-20)6-15(12-30-24)7-19-8-16(4-5-29-19)26(33)32-13-18-10-21-22(27)14-31-25(21)11-23(18)28/h2-6,8-12,14,31H,7,13H2,1H3,(H,32,33). The molecular weight excluding hydrogens is 503 g/mol. The summed E-state index contributed by atoms with van der Waals surface area (Å²) >= 11 is 6.12. The van der Waals surface area contributed by atoms with E-state index in [1.807, 2.05) is 6.07 Å². The number of nitrogens with one attached hydrogen (secondary N) is 2. The first kappa shape index (κ1) is 23.9. The van der Waals surface area contributed by atoms with Crippen LogP contribution in [0.25, 0.3) is 21.8 Å². The summed E-state index contributed by atoms with van der Waals surface area (Å²) in [5.74, 6) is -0.813. The van der Waals surface area contributed by atoms with E-state index < -0.39 is 15.7 Å². The van der Waals surface area contributed by atoms with Crippen LogP contribution in [0.3, 0.4) is 0 Å². The van der Waals surface area contributed by atoms with Crippen LogP contribution >= 0.6 is 11.6 Å². The van der Waals surface area contributed by atoms with E-state index in [0.29, 0.717) is 50.1 Å². The smallest absolute Gasteiger partial charge is 0.251 e. The van der Waals surface area contributed by atoms with Crippen molar-refractivity contribution in [2.45, 2.75) is 17.9 Å². The van der Waals surface area contributed by atoms with Crippen LogP contribution in [-0.4, -0.2) is 35.5 Å². The fourth-order valence-electron chi connectivity index (χ4n) is 3.97. The summed E-state index contributed by atoms with van der Waals surface area (Å²) in [6.45, 7) is -0.00294. The summed E-state index contributed by atoms with van der Waals surface area (Å²) in [5, 5.41) is 4.60. The Labute approximate surface area is 211 Å². The third kappa shape index (κ3) is 4.93. The number of rotatable bonds is 6. The summed E-state index contributed by atoms with van der Waals surface area (Å²) in [6, 6.07) is 12.9. The highest BCUT2D eigenvalue weighted by molar-refractivity contribution is 7.90. The van der Waals surface area contributed by atoms with Gasteiger partial charge in [0.2, 0.25) is 0 Å². The van der Waals surface area contributed by atoms with Gasteiger partial charge in [-0.15, -0.1) is 0 Å². The lowest BCUT2D eigenvalue weighted by molar-refractivity contribution is 0.0950. The molecule has 7 nitrogen and oxygen atoms in total. The molecule has 1 amide bonds. The van der Waals surface area contributed by atoms with Crippen molar-refractivity contribution >= 4 is 49.2 Å². The summed E-state index contributed by atoms with van der Waals surface area (Å²) in [7, 11) is -3.34. The zero-order chi connectivity index (χ0) is 25.4. The molecule has 5 rings (SSSR count). The predicted octanol–water partition coefficient (Wildman–Crippen LogP) is 4.83. The van der Waals surface area contributed by atoms with Crippen LogP contribution in [0.2, 0.25) is 5.02 Å². The Hall–Kier alpha value is -3.82. The lowest BCUT2D eigenvalue weighted by atomic mass is 10.1. The van der Waals surface area contributed by atoms with Crippen LogP contribution in [0.15, 0.2) is 72.0 Å². The first-order valence-corrected chi connectivity index (χ1v) is 13.2. The van der Waals surface area contributed by atoms with Gasteiger partial charge in [-0.2, -0.15) is 0 Å². The van der Waals surface area contributed by atoms with Gasteiger partial charge in [0.05, 0.1) is 15.4 Å². The highest BCUT2D eigenvalue weighted by Crippen LogP contribution is 2.26. The molecule has 0 bridgehead atoms. The van der Waals surface area contributed by atoms with Crippen molar-refractivity contribution < 1.29 is 17.6 Å². The Kier molecular flexibility index (Phi) is 6.19. The number of aromatic nitrogens is 3. The lowest BCUT2D eigenvalue weighted by Gasteiger charge is -2.09. The topological polar surface area (TPSA) is 105 Å².